The van der Waals surface area contributed by atoms with E-state index in [1.54, 1.807) is 5.92 Å². The minimum atomic E-state index is 0. The van der Waals surface area contributed by atoms with Gasteiger partial charge in [-0.05, 0) is 46.2 Å². The van der Waals surface area contributed by atoms with Gasteiger partial charge in [0.15, 0.2) is 0 Å². The van der Waals surface area contributed by atoms with Crippen LogP contribution in [0.15, 0.2) is 0 Å². The third-order valence-corrected chi connectivity index (χ3v) is 3.64. The van der Waals surface area contributed by atoms with E-state index in [4.69, 9.17) is 0 Å². The molecule has 16 heavy (non-hydrogen) atoms. The Bertz CT molecular complexity index is 141. The van der Waals surface area contributed by atoms with Crippen molar-refractivity contribution in [1.29, 1.82) is 0 Å². The van der Waals surface area contributed by atoms with Gasteiger partial charge in [-0.2, -0.15) is 0 Å². The van der Waals surface area contributed by atoms with Crippen LogP contribution in [0, 0.1) is 12.3 Å². The van der Waals surface area contributed by atoms with Gasteiger partial charge in [-0.1, -0.05) is 38.5 Å². The van der Waals surface area contributed by atoms with Gasteiger partial charge in [-0.25, -0.2) is 0 Å². The smallest absolute Gasteiger partial charge is 0.0126 e. The summed E-state index contributed by atoms with van der Waals surface area (Å²) in [6.07, 6.45) is 13.9. The average molecular weight is 265 g/mol. The number of hydrogen-bond acceptors (Lipinski definition) is 1. The predicted molar refractivity (Wildman–Crippen MR) is 67.6 cm³/mol. The van der Waals surface area contributed by atoms with Gasteiger partial charge in [0.2, 0.25) is 0 Å². The first-order valence-electron chi connectivity index (χ1n) is 6.57. The summed E-state index contributed by atoms with van der Waals surface area (Å²) in [5.41, 5.74) is 0. The molecule has 0 N–H and O–H groups in total. The van der Waals surface area contributed by atoms with Crippen LogP contribution in [-0.2, 0) is 17.1 Å². The van der Waals surface area contributed by atoms with E-state index in [0.29, 0.717) is 6.04 Å². The molecule has 0 unspecified atom stereocenters. The number of hydrogen-bond donors (Lipinski definition) is 0. The van der Waals surface area contributed by atoms with Gasteiger partial charge in [0.25, 0.3) is 0 Å². The fourth-order valence-corrected chi connectivity index (χ4v) is 2.29. The van der Waals surface area contributed by atoms with Crippen LogP contribution in [0.25, 0.3) is 0 Å². The predicted octanol–water partition coefficient (Wildman–Crippen LogP) is 3.85. The van der Waals surface area contributed by atoms with Crippen LogP contribution < -0.4 is 0 Å². The Morgan fingerprint density at radius 2 is 1.50 bits per heavy atom. The molecule has 0 amide bonds. The van der Waals surface area contributed by atoms with E-state index in [1.807, 2.05) is 0 Å². The zero-order chi connectivity index (χ0) is 11.1. The minimum Gasteiger partial charge on any atom is -0.306 e. The molecule has 0 bridgehead atoms. The monoisotopic (exact) mass is 265 g/mol. The Morgan fingerprint density at radius 1 is 1.00 bits per heavy atom. The Balaban J connectivity index is 0.000000318. The maximum atomic E-state index is 2.39. The van der Waals surface area contributed by atoms with Crippen LogP contribution in [0.3, 0.4) is 0 Å². The van der Waals surface area contributed by atoms with Gasteiger partial charge >= 0.3 is 0 Å². The molecule has 2 heteroatoms. The molecular weight excluding hydrogens is 238 g/mol. The van der Waals surface area contributed by atoms with Gasteiger partial charge in [0.1, 0.15) is 0 Å². The molecule has 2 aliphatic rings. The summed E-state index contributed by atoms with van der Waals surface area (Å²) in [6.45, 7) is 2.27. The molecule has 0 aromatic carbocycles. The maximum Gasteiger partial charge on any atom is 0.0126 e. The quantitative estimate of drug-likeness (QED) is 0.685. The van der Waals surface area contributed by atoms with Gasteiger partial charge in [-0.3, -0.25) is 0 Å². The Hall–Kier alpha value is 0.479. The summed E-state index contributed by atoms with van der Waals surface area (Å²) >= 11 is 0. The molecule has 2 saturated carbocycles. The van der Waals surface area contributed by atoms with Crippen molar-refractivity contribution in [1.82, 2.24) is 4.90 Å². The van der Waals surface area contributed by atoms with E-state index < -0.39 is 0 Å². The van der Waals surface area contributed by atoms with Crippen molar-refractivity contribution in [3.8, 4) is 0 Å². The summed E-state index contributed by atoms with van der Waals surface area (Å²) in [5, 5.41) is 0. The second-order valence-corrected chi connectivity index (χ2v) is 5.08. The fraction of sp³-hybridized carbons (Fsp3) is 0.857. The molecule has 2 rings (SSSR count). The standard InChI is InChI=1S/C9H17N.C5H10.Fe/c1-8(10(2)3)9-6-4-5-7-9;1-2-4-5-3-1;/h6,8H,4-5,7H2,1-3H3;1-5H2;/t8-;;/m0../s1. The molecular formula is C14H27FeN. The first kappa shape index (κ1) is 16.5. The Labute approximate surface area is 113 Å². The van der Waals surface area contributed by atoms with E-state index in [2.05, 4.69) is 32.3 Å². The van der Waals surface area contributed by atoms with Gasteiger partial charge in [0, 0.05) is 23.1 Å². The third-order valence-electron chi connectivity index (χ3n) is 3.64. The second kappa shape index (κ2) is 9.50. The number of rotatable bonds is 2. The first-order valence-corrected chi connectivity index (χ1v) is 6.57. The van der Waals surface area contributed by atoms with E-state index in [9.17, 15) is 0 Å². The van der Waals surface area contributed by atoms with Crippen molar-refractivity contribution in [3.05, 3.63) is 12.3 Å². The molecule has 0 aromatic heterocycles. The molecule has 1 atom stereocenters. The third kappa shape index (κ3) is 6.27. The molecule has 2 aliphatic carbocycles. The van der Waals surface area contributed by atoms with Crippen LogP contribution in [0.2, 0.25) is 0 Å². The summed E-state index contributed by atoms with van der Waals surface area (Å²) in [5.74, 6) is 1.63. The Morgan fingerprint density at radius 3 is 1.81 bits per heavy atom. The van der Waals surface area contributed by atoms with E-state index >= 15 is 0 Å². The topological polar surface area (TPSA) is 3.24 Å². The molecule has 0 heterocycles. The van der Waals surface area contributed by atoms with Crippen LogP contribution in [-0.4, -0.2) is 25.0 Å². The van der Waals surface area contributed by atoms with Crippen LogP contribution in [0.5, 0.6) is 0 Å². The average Bonchev–Trinajstić information content (AvgIpc) is 2.92. The van der Waals surface area contributed by atoms with Crippen LogP contribution in [0.1, 0.15) is 58.3 Å². The van der Waals surface area contributed by atoms with Crippen molar-refractivity contribution in [2.45, 2.75) is 64.3 Å². The van der Waals surface area contributed by atoms with Crippen molar-refractivity contribution in [3.63, 3.8) is 0 Å². The normalized spacial score (nSPS) is 22.5. The zero-order valence-electron chi connectivity index (χ0n) is 11.1. The molecule has 1 nitrogen and oxygen atoms in total. The van der Waals surface area contributed by atoms with Crippen molar-refractivity contribution in [2.24, 2.45) is 0 Å². The summed E-state index contributed by atoms with van der Waals surface area (Å²) < 4.78 is 0. The molecule has 2 fully saturated rings. The van der Waals surface area contributed by atoms with Gasteiger partial charge in [-0.15, -0.1) is 0 Å². The molecule has 0 saturated heterocycles. The summed E-state index contributed by atoms with van der Waals surface area (Å²) in [7, 11) is 4.29. The molecule has 0 aliphatic heterocycles. The van der Waals surface area contributed by atoms with E-state index in [0.717, 1.165) is 0 Å². The largest absolute Gasteiger partial charge is 0.306 e. The second-order valence-electron chi connectivity index (χ2n) is 5.08. The van der Waals surface area contributed by atoms with Gasteiger partial charge < -0.3 is 4.90 Å². The molecule has 0 aromatic rings. The van der Waals surface area contributed by atoms with Gasteiger partial charge in [0.05, 0.1) is 0 Å². The van der Waals surface area contributed by atoms with Crippen molar-refractivity contribution < 1.29 is 17.1 Å². The first-order chi connectivity index (χ1) is 7.22. The summed E-state index contributed by atoms with van der Waals surface area (Å²) in [4.78, 5) is 2.27. The molecule has 2 radical (unpaired) electrons. The van der Waals surface area contributed by atoms with Crippen molar-refractivity contribution >= 4 is 0 Å². The number of nitrogens with zero attached hydrogens (tertiary/aromatic N) is 1. The SMILES string of the molecule is C1CCCC1.C[C@@H]([C]1[CH]CCC1)N(C)C.[Fe]. The maximum absolute atomic E-state index is 2.39. The van der Waals surface area contributed by atoms with Crippen molar-refractivity contribution in [2.75, 3.05) is 14.1 Å². The summed E-state index contributed by atoms with van der Waals surface area (Å²) in [6, 6.07) is 0.655. The van der Waals surface area contributed by atoms with E-state index in [1.165, 1.54) is 51.4 Å². The molecule has 96 valence electrons. The van der Waals surface area contributed by atoms with Crippen LogP contribution >= 0.6 is 0 Å². The zero-order valence-corrected chi connectivity index (χ0v) is 12.2. The molecule has 0 spiro atoms. The van der Waals surface area contributed by atoms with Crippen LogP contribution in [0.4, 0.5) is 0 Å². The fourth-order valence-electron chi connectivity index (χ4n) is 2.29. The minimum absolute atomic E-state index is 0. The Kier molecular flexibility index (Phi) is 9.79. The van der Waals surface area contributed by atoms with E-state index in [-0.39, 0.29) is 17.1 Å².